The maximum absolute atomic E-state index is 10.2. The second-order valence-corrected chi connectivity index (χ2v) is 2.76. The van der Waals surface area contributed by atoms with Gasteiger partial charge in [-0.3, -0.25) is 9.78 Å². The first-order valence-corrected chi connectivity index (χ1v) is 4.66. The minimum Gasteiger partial charge on any atom is -0.481 e. The molecule has 0 radical (unpaired) electrons. The van der Waals surface area contributed by atoms with Gasteiger partial charge in [0.1, 0.15) is 0 Å². The lowest BCUT2D eigenvalue weighted by Gasteiger charge is -1.99. The minimum atomic E-state index is -0.801. The first-order valence-electron chi connectivity index (χ1n) is 4.66. The molecular formula is C10H17N3O2. The Balaban J connectivity index is 0.000000921. The van der Waals surface area contributed by atoms with E-state index in [2.05, 4.69) is 10.7 Å². The third kappa shape index (κ3) is 5.77. The Kier molecular flexibility index (Phi) is 7.13. The van der Waals surface area contributed by atoms with Crippen LogP contribution >= 0.6 is 0 Å². The lowest BCUT2D eigenvalue weighted by Crippen LogP contribution is -2.01. The fraction of sp³-hybridized carbons (Fsp3) is 0.400. The van der Waals surface area contributed by atoms with E-state index < -0.39 is 5.97 Å². The van der Waals surface area contributed by atoms with Crippen molar-refractivity contribution in [2.24, 2.45) is 11.5 Å². The Morgan fingerprint density at radius 2 is 2.13 bits per heavy atom. The zero-order chi connectivity index (χ0) is 11.7. The maximum atomic E-state index is 10.2. The van der Waals surface area contributed by atoms with Crippen LogP contribution in [-0.2, 0) is 17.8 Å². The Bertz CT molecular complexity index is 285. The number of rotatable bonds is 4. The predicted octanol–water partition coefficient (Wildman–Crippen LogP) is 0.132. The van der Waals surface area contributed by atoms with Gasteiger partial charge in [-0.05, 0) is 18.7 Å². The number of hydrogen-bond donors (Lipinski definition) is 3. The van der Waals surface area contributed by atoms with Crippen molar-refractivity contribution in [1.82, 2.24) is 4.98 Å². The molecule has 0 saturated carbocycles. The number of nitrogens with two attached hydrogens (primary N) is 2. The maximum Gasteiger partial charge on any atom is 0.303 e. The summed E-state index contributed by atoms with van der Waals surface area (Å²) >= 11 is 0. The SMILES string of the molecule is CN.NCc1ccc(CCC(=O)O)nc1. The molecule has 0 aromatic carbocycles. The largest absolute Gasteiger partial charge is 0.481 e. The third-order valence-corrected chi connectivity index (χ3v) is 1.72. The molecule has 15 heavy (non-hydrogen) atoms. The molecule has 0 fully saturated rings. The molecule has 0 unspecified atom stereocenters. The highest BCUT2D eigenvalue weighted by molar-refractivity contribution is 5.66. The van der Waals surface area contributed by atoms with Crippen LogP contribution in [0.2, 0.25) is 0 Å². The molecule has 0 amide bonds. The molecule has 0 atom stereocenters. The molecule has 0 aliphatic heterocycles. The summed E-state index contributed by atoms with van der Waals surface area (Å²) in [6.07, 6.45) is 2.27. The zero-order valence-corrected chi connectivity index (χ0v) is 8.81. The molecule has 5 heteroatoms. The van der Waals surface area contributed by atoms with E-state index in [1.807, 2.05) is 12.1 Å². The highest BCUT2D eigenvalue weighted by Crippen LogP contribution is 2.01. The van der Waals surface area contributed by atoms with Crippen LogP contribution in [0.15, 0.2) is 18.3 Å². The average molecular weight is 211 g/mol. The highest BCUT2D eigenvalue weighted by atomic mass is 16.4. The van der Waals surface area contributed by atoms with Crippen LogP contribution in [0.1, 0.15) is 17.7 Å². The van der Waals surface area contributed by atoms with E-state index in [0.717, 1.165) is 11.3 Å². The van der Waals surface area contributed by atoms with E-state index in [1.54, 1.807) is 6.20 Å². The average Bonchev–Trinajstić information content (AvgIpc) is 2.30. The van der Waals surface area contributed by atoms with Gasteiger partial charge in [-0.15, -0.1) is 0 Å². The van der Waals surface area contributed by atoms with Crippen molar-refractivity contribution >= 4 is 5.97 Å². The van der Waals surface area contributed by atoms with Crippen molar-refractivity contribution in [3.8, 4) is 0 Å². The van der Waals surface area contributed by atoms with Crippen molar-refractivity contribution in [2.45, 2.75) is 19.4 Å². The highest BCUT2D eigenvalue weighted by Gasteiger charge is 1.99. The number of carbonyl (C=O) groups is 1. The van der Waals surface area contributed by atoms with Gasteiger partial charge >= 0.3 is 5.97 Å². The standard InChI is InChI=1S/C9H12N2O2.CH5N/c10-5-7-1-2-8(11-6-7)3-4-9(12)13;1-2/h1-2,6H,3-5,10H2,(H,12,13);2H2,1H3. The summed E-state index contributed by atoms with van der Waals surface area (Å²) in [6.45, 7) is 0.464. The van der Waals surface area contributed by atoms with Gasteiger partial charge in [0.2, 0.25) is 0 Å². The van der Waals surface area contributed by atoms with Crippen LogP contribution in [0.4, 0.5) is 0 Å². The summed E-state index contributed by atoms with van der Waals surface area (Å²) < 4.78 is 0. The molecule has 0 aliphatic carbocycles. The summed E-state index contributed by atoms with van der Waals surface area (Å²) in [5.41, 5.74) is 11.6. The molecule has 0 bridgehead atoms. The van der Waals surface area contributed by atoms with Gasteiger partial charge < -0.3 is 16.6 Å². The molecule has 5 nitrogen and oxygen atoms in total. The lowest BCUT2D eigenvalue weighted by molar-refractivity contribution is -0.136. The van der Waals surface area contributed by atoms with Crippen LogP contribution in [0.25, 0.3) is 0 Å². The number of nitrogens with zero attached hydrogens (tertiary/aromatic N) is 1. The Labute approximate surface area is 89.1 Å². The van der Waals surface area contributed by atoms with Crippen molar-refractivity contribution < 1.29 is 9.90 Å². The van der Waals surface area contributed by atoms with Gasteiger partial charge in [0.25, 0.3) is 0 Å². The molecule has 1 heterocycles. The van der Waals surface area contributed by atoms with Gasteiger partial charge in [0.15, 0.2) is 0 Å². The molecule has 0 spiro atoms. The topological polar surface area (TPSA) is 102 Å². The van der Waals surface area contributed by atoms with E-state index in [0.29, 0.717) is 13.0 Å². The minimum absolute atomic E-state index is 0.120. The van der Waals surface area contributed by atoms with Gasteiger partial charge in [-0.2, -0.15) is 0 Å². The summed E-state index contributed by atoms with van der Waals surface area (Å²) in [5, 5.41) is 8.43. The molecule has 1 aromatic rings. The van der Waals surface area contributed by atoms with E-state index >= 15 is 0 Å². The molecule has 1 aromatic heterocycles. The van der Waals surface area contributed by atoms with E-state index in [-0.39, 0.29) is 6.42 Å². The number of aromatic nitrogens is 1. The van der Waals surface area contributed by atoms with Crippen LogP contribution in [0.3, 0.4) is 0 Å². The fourth-order valence-electron chi connectivity index (χ4n) is 0.959. The summed E-state index contributed by atoms with van der Waals surface area (Å²) in [6, 6.07) is 3.68. The smallest absolute Gasteiger partial charge is 0.303 e. The molecular weight excluding hydrogens is 194 g/mol. The number of aliphatic carboxylic acids is 1. The van der Waals surface area contributed by atoms with Gasteiger partial charge in [-0.25, -0.2) is 0 Å². The van der Waals surface area contributed by atoms with Gasteiger partial charge in [0, 0.05) is 24.9 Å². The number of pyridine rings is 1. The molecule has 0 aliphatic rings. The predicted molar refractivity (Wildman–Crippen MR) is 58.2 cm³/mol. The van der Waals surface area contributed by atoms with Gasteiger partial charge in [-0.1, -0.05) is 6.07 Å². The second kappa shape index (κ2) is 7.90. The monoisotopic (exact) mass is 211 g/mol. The molecule has 5 N–H and O–H groups in total. The number of aryl methyl sites for hydroxylation is 1. The number of hydrogen-bond acceptors (Lipinski definition) is 4. The third-order valence-electron chi connectivity index (χ3n) is 1.72. The van der Waals surface area contributed by atoms with Crippen LogP contribution in [-0.4, -0.2) is 23.1 Å². The quantitative estimate of drug-likeness (QED) is 0.657. The van der Waals surface area contributed by atoms with E-state index in [4.69, 9.17) is 10.8 Å². The first-order chi connectivity index (χ1) is 7.22. The van der Waals surface area contributed by atoms with E-state index in [9.17, 15) is 4.79 Å². The summed E-state index contributed by atoms with van der Waals surface area (Å²) in [7, 11) is 1.50. The second-order valence-electron chi connectivity index (χ2n) is 2.76. The summed E-state index contributed by atoms with van der Waals surface area (Å²) in [4.78, 5) is 14.3. The first kappa shape index (κ1) is 13.5. The van der Waals surface area contributed by atoms with Crippen molar-refractivity contribution in [2.75, 3.05) is 7.05 Å². The molecule has 84 valence electrons. The lowest BCUT2D eigenvalue weighted by atomic mass is 10.2. The van der Waals surface area contributed by atoms with Crippen molar-refractivity contribution in [1.29, 1.82) is 0 Å². The van der Waals surface area contributed by atoms with Crippen molar-refractivity contribution in [3.05, 3.63) is 29.6 Å². The Hall–Kier alpha value is -1.46. The number of carboxylic acids is 1. The zero-order valence-electron chi connectivity index (χ0n) is 8.81. The molecule has 1 rings (SSSR count). The van der Waals surface area contributed by atoms with Crippen LogP contribution in [0, 0.1) is 0 Å². The molecule has 0 saturated heterocycles. The Morgan fingerprint density at radius 3 is 2.53 bits per heavy atom. The summed E-state index contributed by atoms with van der Waals surface area (Å²) in [5.74, 6) is -0.801. The van der Waals surface area contributed by atoms with Crippen molar-refractivity contribution in [3.63, 3.8) is 0 Å². The Morgan fingerprint density at radius 1 is 1.47 bits per heavy atom. The van der Waals surface area contributed by atoms with Crippen LogP contribution < -0.4 is 11.5 Å². The fourth-order valence-corrected chi connectivity index (χ4v) is 0.959. The normalized spacial score (nSPS) is 9.00. The van der Waals surface area contributed by atoms with Crippen LogP contribution in [0.5, 0.6) is 0 Å². The van der Waals surface area contributed by atoms with Gasteiger partial charge in [0.05, 0.1) is 6.42 Å². The number of carboxylic acid groups (broad SMARTS) is 1. The van der Waals surface area contributed by atoms with E-state index in [1.165, 1.54) is 7.05 Å².